The molecule has 0 aliphatic carbocycles. The number of carboxylic acids is 1. The third kappa shape index (κ3) is 1.00. The second-order valence-corrected chi connectivity index (χ2v) is 3.89. The molecule has 2 heterocycles. The Bertz CT molecular complexity index is 387. The Morgan fingerprint density at radius 1 is 1.29 bits per heavy atom. The van der Waals surface area contributed by atoms with Crippen molar-refractivity contribution in [2.45, 2.75) is 12.1 Å². The predicted molar refractivity (Wildman–Crippen MR) is 50.2 cm³/mol. The summed E-state index contributed by atoms with van der Waals surface area (Å²) in [7, 11) is 0. The maximum atomic E-state index is 10.8. The predicted octanol–water partition coefficient (Wildman–Crippen LogP) is 1.02. The molecule has 1 amide bonds. The van der Waals surface area contributed by atoms with E-state index in [1.165, 1.54) is 0 Å². The summed E-state index contributed by atoms with van der Waals surface area (Å²) in [5, 5.41) is 17.7. The smallest absolute Gasteiger partial charge is 0.408 e. The first-order valence-corrected chi connectivity index (χ1v) is 4.65. The van der Waals surface area contributed by atoms with E-state index in [2.05, 4.69) is 15.9 Å². The first-order valence-electron chi connectivity index (χ1n) is 3.86. The van der Waals surface area contributed by atoms with Crippen LogP contribution >= 0.6 is 15.9 Å². The summed E-state index contributed by atoms with van der Waals surface area (Å²) in [4.78, 5) is 22.8. The average Bonchev–Trinajstić information content (AvgIpc) is 2.57. The largest absolute Gasteiger partial charge is 0.478 e. The molecule has 74 valence electrons. The Morgan fingerprint density at radius 2 is 1.86 bits per heavy atom. The molecule has 14 heavy (non-hydrogen) atoms. The van der Waals surface area contributed by atoms with E-state index in [1.54, 1.807) is 12.2 Å². The quantitative estimate of drug-likeness (QED) is 0.690. The van der Waals surface area contributed by atoms with E-state index in [1.807, 2.05) is 0 Å². The highest BCUT2D eigenvalue weighted by molar-refractivity contribution is 9.11. The number of fused-ring (bicyclic) bond motifs is 2. The molecular weight excluding hydrogens is 254 g/mol. The van der Waals surface area contributed by atoms with Gasteiger partial charge in [0.15, 0.2) is 0 Å². The second-order valence-electron chi connectivity index (χ2n) is 3.03. The summed E-state index contributed by atoms with van der Waals surface area (Å²) in [6, 6.07) is -1.12. The minimum atomic E-state index is -1.11. The second kappa shape index (κ2) is 2.84. The minimum absolute atomic E-state index is 0.111. The zero-order valence-electron chi connectivity index (χ0n) is 6.85. The van der Waals surface area contributed by atoms with Crippen LogP contribution in [0.5, 0.6) is 0 Å². The van der Waals surface area contributed by atoms with Crippen molar-refractivity contribution in [1.29, 1.82) is 0 Å². The number of carbonyl (C=O) groups is 2. The van der Waals surface area contributed by atoms with Crippen molar-refractivity contribution in [2.75, 3.05) is 0 Å². The maximum absolute atomic E-state index is 10.8. The lowest BCUT2D eigenvalue weighted by Crippen LogP contribution is -2.37. The molecule has 2 aliphatic heterocycles. The summed E-state index contributed by atoms with van der Waals surface area (Å²) < 4.78 is 0.430. The van der Waals surface area contributed by atoms with Gasteiger partial charge in [0.05, 0.1) is 17.7 Å². The molecule has 0 saturated heterocycles. The Morgan fingerprint density at radius 3 is 2.21 bits per heavy atom. The van der Waals surface area contributed by atoms with Crippen molar-refractivity contribution in [2.24, 2.45) is 0 Å². The van der Waals surface area contributed by atoms with Gasteiger partial charge in [-0.2, -0.15) is 0 Å². The molecule has 2 atom stereocenters. The van der Waals surface area contributed by atoms with Gasteiger partial charge < -0.3 is 10.2 Å². The van der Waals surface area contributed by atoms with Crippen molar-refractivity contribution in [3.63, 3.8) is 0 Å². The maximum Gasteiger partial charge on any atom is 0.408 e. The van der Waals surface area contributed by atoms with Crippen molar-refractivity contribution in [3.05, 3.63) is 22.2 Å². The lowest BCUT2D eigenvalue weighted by atomic mass is 10.1. The fourth-order valence-electron chi connectivity index (χ4n) is 1.78. The van der Waals surface area contributed by atoms with E-state index in [4.69, 9.17) is 10.2 Å². The molecule has 5 nitrogen and oxygen atoms in total. The van der Waals surface area contributed by atoms with Crippen LogP contribution in [0, 0.1) is 0 Å². The summed E-state index contributed by atoms with van der Waals surface area (Å²) >= 11 is 3.11. The average molecular weight is 260 g/mol. The van der Waals surface area contributed by atoms with Gasteiger partial charge in [-0.15, -0.1) is 0 Å². The molecule has 2 aliphatic rings. The van der Waals surface area contributed by atoms with Crippen LogP contribution in [0.25, 0.3) is 0 Å². The van der Waals surface area contributed by atoms with Crippen molar-refractivity contribution < 1.29 is 19.8 Å². The third-order valence-electron chi connectivity index (χ3n) is 2.34. The number of amides is 1. The van der Waals surface area contributed by atoms with Crippen LogP contribution in [0.15, 0.2) is 22.2 Å². The molecule has 2 rings (SSSR count). The number of nitrogens with zero attached hydrogens (tertiary/aromatic N) is 1. The van der Waals surface area contributed by atoms with Crippen molar-refractivity contribution in [3.8, 4) is 0 Å². The Balaban J connectivity index is 2.41. The molecule has 2 unspecified atom stereocenters. The number of rotatable bonds is 1. The van der Waals surface area contributed by atoms with Crippen LogP contribution in [0.1, 0.15) is 0 Å². The first-order chi connectivity index (χ1) is 6.54. The molecule has 2 N–H and O–H groups in total. The summed E-state index contributed by atoms with van der Waals surface area (Å²) in [5.41, 5.74) is 0.111. The van der Waals surface area contributed by atoms with Crippen LogP contribution in [-0.4, -0.2) is 39.3 Å². The van der Waals surface area contributed by atoms with Gasteiger partial charge in [-0.25, -0.2) is 9.59 Å². The number of halogens is 1. The molecule has 0 radical (unpaired) electrons. The van der Waals surface area contributed by atoms with E-state index in [0.717, 1.165) is 4.90 Å². The summed E-state index contributed by atoms with van der Waals surface area (Å²) in [5.74, 6) is -1.08. The Labute approximate surface area is 87.4 Å². The normalized spacial score (nSPS) is 28.8. The lowest BCUT2D eigenvalue weighted by Gasteiger charge is -2.18. The van der Waals surface area contributed by atoms with Gasteiger partial charge >= 0.3 is 12.1 Å². The Kier molecular flexibility index (Phi) is 1.88. The molecule has 0 aromatic rings. The van der Waals surface area contributed by atoms with Crippen molar-refractivity contribution in [1.82, 2.24) is 4.90 Å². The fourth-order valence-corrected chi connectivity index (χ4v) is 2.56. The number of hydrogen-bond donors (Lipinski definition) is 2. The number of aliphatic carboxylic acids is 1. The van der Waals surface area contributed by atoms with E-state index in [-0.39, 0.29) is 5.57 Å². The monoisotopic (exact) mass is 259 g/mol. The zero-order chi connectivity index (χ0) is 10.5. The van der Waals surface area contributed by atoms with Crippen LogP contribution in [0.3, 0.4) is 0 Å². The van der Waals surface area contributed by atoms with Gasteiger partial charge in [-0.1, -0.05) is 28.1 Å². The molecule has 0 aromatic carbocycles. The number of carboxylic acid groups (broad SMARTS) is 2. The molecule has 2 bridgehead atoms. The van der Waals surface area contributed by atoms with E-state index >= 15 is 0 Å². The standard InChI is InChI=1S/C8H6BrNO4/c9-6-4-2-1-3(5(6)7(11)12)10(4)8(13)14/h1-4H,(H,11,12)(H,13,14). The third-order valence-corrected chi connectivity index (χ3v) is 3.24. The van der Waals surface area contributed by atoms with Gasteiger partial charge in [0, 0.05) is 4.48 Å². The summed E-state index contributed by atoms with van der Waals surface area (Å²) in [6.07, 6.45) is 2.15. The van der Waals surface area contributed by atoms with Crippen LogP contribution in [-0.2, 0) is 4.79 Å². The topological polar surface area (TPSA) is 77.8 Å². The minimum Gasteiger partial charge on any atom is -0.478 e. The summed E-state index contributed by atoms with van der Waals surface area (Å²) in [6.45, 7) is 0. The van der Waals surface area contributed by atoms with Gasteiger partial charge in [0.2, 0.25) is 0 Å². The van der Waals surface area contributed by atoms with E-state index < -0.39 is 24.1 Å². The van der Waals surface area contributed by atoms with Crippen LogP contribution in [0.4, 0.5) is 4.79 Å². The van der Waals surface area contributed by atoms with Gasteiger partial charge in [0.25, 0.3) is 0 Å². The van der Waals surface area contributed by atoms with E-state index in [0.29, 0.717) is 4.48 Å². The van der Waals surface area contributed by atoms with Crippen LogP contribution < -0.4 is 0 Å². The van der Waals surface area contributed by atoms with Crippen LogP contribution in [0.2, 0.25) is 0 Å². The van der Waals surface area contributed by atoms with Gasteiger partial charge in [-0.3, -0.25) is 4.90 Å². The Hall–Kier alpha value is -1.30. The highest BCUT2D eigenvalue weighted by Gasteiger charge is 2.46. The molecule has 0 fully saturated rings. The highest BCUT2D eigenvalue weighted by Crippen LogP contribution is 2.40. The van der Waals surface area contributed by atoms with Crippen molar-refractivity contribution >= 4 is 28.0 Å². The lowest BCUT2D eigenvalue weighted by molar-refractivity contribution is -0.132. The SMILES string of the molecule is O=C(O)C1=C(Br)C2C=CC1N2C(=O)O. The number of hydrogen-bond acceptors (Lipinski definition) is 2. The molecule has 0 saturated carbocycles. The van der Waals surface area contributed by atoms with Gasteiger partial charge in [-0.05, 0) is 0 Å². The van der Waals surface area contributed by atoms with E-state index in [9.17, 15) is 9.59 Å². The fraction of sp³-hybridized carbons (Fsp3) is 0.250. The molecule has 0 aromatic heterocycles. The molecule has 0 spiro atoms. The first kappa shape index (κ1) is 9.26. The zero-order valence-corrected chi connectivity index (χ0v) is 8.43. The molecule has 6 heteroatoms. The van der Waals surface area contributed by atoms with Gasteiger partial charge in [0.1, 0.15) is 0 Å². The molecular formula is C8H6BrNO4. The highest BCUT2D eigenvalue weighted by atomic mass is 79.9.